The Morgan fingerprint density at radius 1 is 1.04 bits per heavy atom. The molecule has 1 aromatic carbocycles. The molecule has 6 unspecified atom stereocenters. The van der Waals surface area contributed by atoms with Crippen molar-refractivity contribution in [2.75, 3.05) is 18.9 Å². The number of esters is 2. The van der Waals surface area contributed by atoms with Crippen molar-refractivity contribution in [2.24, 2.45) is 29.6 Å². The molecule has 11 nitrogen and oxygen atoms in total. The summed E-state index contributed by atoms with van der Waals surface area (Å²) in [5.41, 5.74) is 6.16. The lowest BCUT2D eigenvalue weighted by Crippen LogP contribution is -2.61. The number of ether oxygens (including phenoxy) is 6. The molecule has 4 heterocycles. The fraction of sp³-hybridized carbons (Fsp3) is 0.714. The van der Waals surface area contributed by atoms with Crippen molar-refractivity contribution in [3.8, 4) is 5.75 Å². The standard InChI is InChI=1S/C42H61NO10/c1-7-24(2)38-27(5)17-18-41(53-38)21-33-20-32(52-41)14-11-26(4)37(51-35(44)23-48-31-15-12-30(43)13-16-31)25(3)9-8-10-29-22-49-39-36(45)28(6)19-34(40(46)50-33)42(29,39)47/h10-13,15-16,24-25,27-28,32-34,36-39,45,47H,7-9,14,17-23,43H2,1-6H3/b26-11+,29-10+/t24?,25-,27-,28?,32?,33?,34?,36+,37-,38+,39+,41?,42+/m0/s1. The number of hydrogen-bond acceptors (Lipinski definition) is 11. The van der Waals surface area contributed by atoms with Gasteiger partial charge in [0.05, 0.1) is 30.8 Å². The van der Waals surface area contributed by atoms with Gasteiger partial charge in [0.15, 0.2) is 12.4 Å². The second-order valence-corrected chi connectivity index (χ2v) is 16.7. The molecule has 1 spiro atoms. The van der Waals surface area contributed by atoms with Gasteiger partial charge in [-0.25, -0.2) is 4.79 Å². The summed E-state index contributed by atoms with van der Waals surface area (Å²) in [5.74, 6) is -1.96. The van der Waals surface area contributed by atoms with Crippen LogP contribution in [-0.2, 0) is 33.3 Å². The minimum atomic E-state index is -1.70. The van der Waals surface area contributed by atoms with Crippen LogP contribution in [0, 0.1) is 29.6 Å². The lowest BCUT2D eigenvalue weighted by Gasteiger charge is -2.51. The number of allylic oxidation sites excluding steroid dienone is 1. The molecule has 3 saturated heterocycles. The summed E-state index contributed by atoms with van der Waals surface area (Å²) in [6, 6.07) is 6.84. The van der Waals surface area contributed by atoms with Gasteiger partial charge in [0.1, 0.15) is 29.7 Å². The molecule has 1 aliphatic carbocycles. The topological polar surface area (TPSA) is 156 Å². The van der Waals surface area contributed by atoms with Crippen molar-refractivity contribution in [3.63, 3.8) is 0 Å². The average molecular weight is 740 g/mol. The minimum Gasteiger partial charge on any atom is -0.482 e. The number of nitrogen functional groups attached to an aromatic ring is 1. The summed E-state index contributed by atoms with van der Waals surface area (Å²) in [4.78, 5) is 27.5. The zero-order valence-corrected chi connectivity index (χ0v) is 32.3. The van der Waals surface area contributed by atoms with E-state index in [9.17, 15) is 19.8 Å². The highest BCUT2D eigenvalue weighted by Gasteiger charge is 2.62. The Balaban J connectivity index is 1.31. The van der Waals surface area contributed by atoms with Gasteiger partial charge >= 0.3 is 11.9 Å². The molecule has 4 fully saturated rings. The molecule has 0 amide bonds. The first-order valence-electron chi connectivity index (χ1n) is 19.8. The SMILES string of the molecule is CCC(C)[C@H]1OC2(CC[C@@H]1C)CC1CC(C/C=C(\C)[C@@H](OC(=O)COc3ccc(N)cc3)[C@@H](C)CC/C=C3\CO[C@@H]4[C@H](O)C(C)CC(C(=O)O1)[C@]34O)O2. The maximum Gasteiger partial charge on any atom is 0.344 e. The fourth-order valence-corrected chi connectivity index (χ4v) is 9.30. The van der Waals surface area contributed by atoms with Crippen molar-refractivity contribution in [3.05, 3.63) is 47.6 Å². The molecule has 1 saturated carbocycles. The van der Waals surface area contributed by atoms with E-state index in [-0.39, 0.29) is 43.7 Å². The van der Waals surface area contributed by atoms with E-state index in [0.717, 1.165) is 18.4 Å². The number of nitrogens with two attached hydrogens (primary N) is 1. The van der Waals surface area contributed by atoms with Crippen LogP contribution in [0.15, 0.2) is 47.6 Å². The van der Waals surface area contributed by atoms with Gasteiger partial charge in [-0.15, -0.1) is 0 Å². The van der Waals surface area contributed by atoms with E-state index in [1.54, 1.807) is 24.3 Å². The second kappa shape index (κ2) is 16.4. The molecule has 6 rings (SSSR count). The summed E-state index contributed by atoms with van der Waals surface area (Å²) in [7, 11) is 0. The van der Waals surface area contributed by atoms with Gasteiger partial charge in [0.25, 0.3) is 0 Å². The number of aliphatic hydroxyl groups is 2. The van der Waals surface area contributed by atoms with Crippen LogP contribution in [0.5, 0.6) is 5.75 Å². The molecule has 294 valence electrons. The van der Waals surface area contributed by atoms with Crippen LogP contribution >= 0.6 is 0 Å². The minimum absolute atomic E-state index is 0.00424. The Hall–Kier alpha value is -2.96. The summed E-state index contributed by atoms with van der Waals surface area (Å²) in [6.07, 6.45) is 6.12. The number of hydrogen-bond donors (Lipinski definition) is 3. The van der Waals surface area contributed by atoms with Crippen molar-refractivity contribution >= 4 is 17.6 Å². The summed E-state index contributed by atoms with van der Waals surface area (Å²) < 4.78 is 38.1. The first-order chi connectivity index (χ1) is 25.2. The van der Waals surface area contributed by atoms with E-state index in [0.29, 0.717) is 67.4 Å². The van der Waals surface area contributed by atoms with Gasteiger partial charge in [0, 0.05) is 24.9 Å². The van der Waals surface area contributed by atoms with Crippen molar-refractivity contribution in [1.29, 1.82) is 0 Å². The zero-order chi connectivity index (χ0) is 38.1. The first-order valence-corrected chi connectivity index (χ1v) is 19.8. The molecule has 4 N–H and O–H groups in total. The van der Waals surface area contributed by atoms with Gasteiger partial charge in [-0.2, -0.15) is 0 Å². The van der Waals surface area contributed by atoms with Gasteiger partial charge in [-0.3, -0.25) is 4.79 Å². The summed E-state index contributed by atoms with van der Waals surface area (Å²) >= 11 is 0. The summed E-state index contributed by atoms with van der Waals surface area (Å²) in [5, 5.41) is 23.6. The third-order valence-electron chi connectivity index (χ3n) is 12.7. The normalized spacial score (nSPS) is 41.9. The van der Waals surface area contributed by atoms with Gasteiger partial charge < -0.3 is 44.4 Å². The molecule has 13 atom stereocenters. The third-order valence-corrected chi connectivity index (χ3v) is 12.7. The molecule has 53 heavy (non-hydrogen) atoms. The maximum absolute atomic E-state index is 14.3. The number of rotatable bonds is 6. The predicted molar refractivity (Wildman–Crippen MR) is 198 cm³/mol. The summed E-state index contributed by atoms with van der Waals surface area (Å²) in [6.45, 7) is 12.3. The molecule has 11 heteroatoms. The van der Waals surface area contributed by atoms with E-state index in [4.69, 9.17) is 34.2 Å². The number of anilines is 1. The molecule has 0 radical (unpaired) electrons. The third kappa shape index (κ3) is 8.49. The monoisotopic (exact) mass is 739 g/mol. The van der Waals surface area contributed by atoms with Crippen LogP contribution in [0.1, 0.15) is 99.3 Å². The van der Waals surface area contributed by atoms with Crippen molar-refractivity contribution in [1.82, 2.24) is 0 Å². The Morgan fingerprint density at radius 3 is 2.53 bits per heavy atom. The van der Waals surface area contributed by atoms with Crippen LogP contribution < -0.4 is 10.5 Å². The van der Waals surface area contributed by atoms with E-state index >= 15 is 0 Å². The Kier molecular flexibility index (Phi) is 12.3. The highest BCUT2D eigenvalue weighted by Crippen LogP contribution is 2.49. The average Bonchev–Trinajstić information content (AvgIpc) is 3.47. The van der Waals surface area contributed by atoms with Crippen LogP contribution in [0.2, 0.25) is 0 Å². The van der Waals surface area contributed by atoms with Gasteiger partial charge in [0.2, 0.25) is 0 Å². The molecule has 2 bridgehead atoms. The Morgan fingerprint density at radius 2 is 1.79 bits per heavy atom. The number of aliphatic hydroxyl groups excluding tert-OH is 1. The highest BCUT2D eigenvalue weighted by atomic mass is 16.7. The molecule has 5 aliphatic rings. The van der Waals surface area contributed by atoms with Crippen LogP contribution in [-0.4, -0.2) is 83.4 Å². The molecule has 1 aromatic rings. The number of carbonyl (C=O) groups is 2. The van der Waals surface area contributed by atoms with E-state index < -0.39 is 53.7 Å². The molecular weight excluding hydrogens is 678 g/mol. The molecule has 0 aromatic heterocycles. The van der Waals surface area contributed by atoms with Crippen molar-refractivity contribution in [2.45, 2.75) is 147 Å². The number of benzene rings is 1. The molecular formula is C42H61NO10. The van der Waals surface area contributed by atoms with E-state index in [1.807, 2.05) is 26.8 Å². The lowest BCUT2D eigenvalue weighted by molar-refractivity contribution is -0.340. The van der Waals surface area contributed by atoms with Crippen LogP contribution in [0.4, 0.5) is 5.69 Å². The van der Waals surface area contributed by atoms with E-state index in [1.165, 1.54) is 0 Å². The fourth-order valence-electron chi connectivity index (χ4n) is 9.30. The van der Waals surface area contributed by atoms with E-state index in [2.05, 4.69) is 26.8 Å². The highest BCUT2D eigenvalue weighted by molar-refractivity contribution is 5.76. The Labute approximate surface area is 314 Å². The number of carbonyl (C=O) groups excluding carboxylic acids is 2. The quantitative estimate of drug-likeness (QED) is 0.178. The van der Waals surface area contributed by atoms with Crippen LogP contribution in [0.25, 0.3) is 0 Å². The second-order valence-electron chi connectivity index (χ2n) is 16.7. The van der Waals surface area contributed by atoms with Crippen molar-refractivity contribution < 1.29 is 48.2 Å². The van der Waals surface area contributed by atoms with Gasteiger partial charge in [-0.1, -0.05) is 53.2 Å². The smallest absolute Gasteiger partial charge is 0.344 e. The predicted octanol–water partition coefficient (Wildman–Crippen LogP) is 6.05. The maximum atomic E-state index is 14.3. The van der Waals surface area contributed by atoms with Crippen LogP contribution in [0.3, 0.4) is 0 Å². The first kappa shape index (κ1) is 39.7. The molecule has 4 aliphatic heterocycles. The number of fused-ring (bicyclic) bond motifs is 2. The Bertz CT molecular complexity index is 1510. The van der Waals surface area contributed by atoms with Gasteiger partial charge in [-0.05, 0) is 98.1 Å². The largest absolute Gasteiger partial charge is 0.482 e. The lowest BCUT2D eigenvalue weighted by atomic mass is 9.66. The zero-order valence-electron chi connectivity index (χ0n) is 32.3.